The van der Waals surface area contributed by atoms with E-state index in [2.05, 4.69) is 15.5 Å². The summed E-state index contributed by atoms with van der Waals surface area (Å²) in [6.45, 7) is 3.25. The Hall–Kier alpha value is -1.79. The minimum absolute atomic E-state index is 0.116. The molecule has 1 aliphatic heterocycles. The molecule has 0 spiro atoms. The summed E-state index contributed by atoms with van der Waals surface area (Å²) >= 11 is 1.64. The smallest absolute Gasteiger partial charge is 0.315 e. The second kappa shape index (κ2) is 7.47. The van der Waals surface area contributed by atoms with Crippen molar-refractivity contribution < 1.29 is 9.21 Å². The van der Waals surface area contributed by atoms with Crippen LogP contribution in [0.5, 0.6) is 0 Å². The highest BCUT2D eigenvalue weighted by molar-refractivity contribution is 7.09. The van der Waals surface area contributed by atoms with Crippen molar-refractivity contribution >= 4 is 17.4 Å². The maximum atomic E-state index is 12.0. The summed E-state index contributed by atoms with van der Waals surface area (Å²) in [6, 6.07) is 7.86. The number of hydrogen-bond donors (Lipinski definition) is 2. The molecular formula is C16H21N3O2S. The molecule has 3 heterocycles. The topological polar surface area (TPSA) is 57.5 Å². The molecular weight excluding hydrogens is 298 g/mol. The lowest BCUT2D eigenvalue weighted by atomic mass is 10.2. The molecule has 2 N–H and O–H groups in total. The molecule has 1 saturated heterocycles. The monoisotopic (exact) mass is 319 g/mol. The fourth-order valence-corrected chi connectivity index (χ4v) is 3.42. The maximum absolute atomic E-state index is 12.0. The summed E-state index contributed by atoms with van der Waals surface area (Å²) in [5.74, 6) is 0.917. The average molecular weight is 319 g/mol. The summed E-state index contributed by atoms with van der Waals surface area (Å²) in [5.41, 5.74) is 0. The summed E-state index contributed by atoms with van der Waals surface area (Å²) in [6.07, 6.45) is 4.11. The van der Waals surface area contributed by atoms with Crippen LogP contribution < -0.4 is 10.6 Å². The third kappa shape index (κ3) is 3.90. The van der Waals surface area contributed by atoms with Crippen molar-refractivity contribution in [3.05, 3.63) is 46.5 Å². The second-order valence-corrected chi connectivity index (χ2v) is 6.45. The van der Waals surface area contributed by atoms with Crippen molar-refractivity contribution in [3.8, 4) is 0 Å². The Morgan fingerprint density at radius 2 is 2.14 bits per heavy atom. The molecule has 0 aromatic carbocycles. The van der Waals surface area contributed by atoms with Gasteiger partial charge in [-0.3, -0.25) is 4.90 Å². The zero-order chi connectivity index (χ0) is 15.2. The normalized spacial score (nSPS) is 16.5. The lowest BCUT2D eigenvalue weighted by Crippen LogP contribution is -2.41. The molecule has 1 atom stereocenters. The highest BCUT2D eigenvalue weighted by atomic mass is 32.1. The molecule has 3 rings (SSSR count). The van der Waals surface area contributed by atoms with Crippen molar-refractivity contribution in [1.29, 1.82) is 0 Å². The van der Waals surface area contributed by atoms with Gasteiger partial charge in [0.15, 0.2) is 0 Å². The van der Waals surface area contributed by atoms with Crippen molar-refractivity contribution in [2.24, 2.45) is 0 Å². The van der Waals surface area contributed by atoms with Gasteiger partial charge in [0.1, 0.15) is 5.76 Å². The van der Waals surface area contributed by atoms with E-state index in [0.717, 1.165) is 23.7 Å². The van der Waals surface area contributed by atoms with Crippen LogP contribution in [0.2, 0.25) is 0 Å². The van der Waals surface area contributed by atoms with Gasteiger partial charge in [-0.15, -0.1) is 11.3 Å². The van der Waals surface area contributed by atoms with Crippen LogP contribution in [0.3, 0.4) is 0 Å². The first kappa shape index (κ1) is 15.1. The molecule has 0 unspecified atom stereocenters. The summed E-state index contributed by atoms with van der Waals surface area (Å²) in [7, 11) is 0. The van der Waals surface area contributed by atoms with Gasteiger partial charge in [0.2, 0.25) is 0 Å². The number of amides is 2. The van der Waals surface area contributed by atoms with Crippen molar-refractivity contribution in [2.45, 2.75) is 25.4 Å². The highest BCUT2D eigenvalue weighted by Gasteiger charge is 2.25. The summed E-state index contributed by atoms with van der Waals surface area (Å²) in [5, 5.41) is 7.86. The van der Waals surface area contributed by atoms with Gasteiger partial charge in [0.25, 0.3) is 0 Å². The molecule has 22 heavy (non-hydrogen) atoms. The number of thiophene rings is 1. The number of urea groups is 1. The standard InChI is InChI=1S/C16H21N3O2S/c20-16(17-11-13-5-4-10-22-13)18-12-14(15-6-3-9-21-15)19-7-1-2-8-19/h3-6,9-10,14H,1-2,7-8,11-12H2,(H2,17,18,20)/t14-/m1/s1. The van der Waals surface area contributed by atoms with Crippen molar-refractivity contribution in [2.75, 3.05) is 19.6 Å². The molecule has 0 bridgehead atoms. The van der Waals surface area contributed by atoms with E-state index in [1.54, 1.807) is 17.6 Å². The Balaban J connectivity index is 1.51. The fraction of sp³-hybridized carbons (Fsp3) is 0.438. The molecule has 1 fully saturated rings. The average Bonchev–Trinajstić information content (AvgIpc) is 3.27. The Morgan fingerprint density at radius 1 is 1.27 bits per heavy atom. The van der Waals surface area contributed by atoms with Crippen LogP contribution in [0.25, 0.3) is 0 Å². The number of nitrogens with one attached hydrogen (secondary N) is 2. The molecule has 118 valence electrons. The van der Waals surface area contributed by atoms with E-state index in [1.807, 2.05) is 29.6 Å². The van der Waals surface area contributed by atoms with E-state index in [1.165, 1.54) is 12.8 Å². The van der Waals surface area contributed by atoms with Gasteiger partial charge in [0, 0.05) is 11.4 Å². The van der Waals surface area contributed by atoms with Crippen LogP contribution in [0.1, 0.15) is 29.5 Å². The zero-order valence-electron chi connectivity index (χ0n) is 12.5. The molecule has 2 aromatic heterocycles. The number of rotatable bonds is 6. The number of nitrogens with zero attached hydrogens (tertiary/aromatic N) is 1. The van der Waals surface area contributed by atoms with E-state index in [0.29, 0.717) is 13.1 Å². The molecule has 0 saturated carbocycles. The molecule has 2 amide bonds. The van der Waals surface area contributed by atoms with Gasteiger partial charge in [0.05, 0.1) is 18.8 Å². The molecule has 1 aliphatic rings. The Labute approximate surface area is 134 Å². The number of hydrogen-bond acceptors (Lipinski definition) is 4. The molecule has 6 heteroatoms. The lowest BCUT2D eigenvalue weighted by molar-refractivity contribution is 0.203. The van der Waals surface area contributed by atoms with Crippen LogP contribution in [0.15, 0.2) is 40.3 Å². The minimum atomic E-state index is -0.135. The third-order valence-corrected chi connectivity index (χ3v) is 4.79. The first-order valence-corrected chi connectivity index (χ1v) is 8.52. The SMILES string of the molecule is O=C(NCc1cccs1)NC[C@H](c1ccco1)N1CCCC1. The fourth-order valence-electron chi connectivity index (χ4n) is 2.78. The molecule has 0 aliphatic carbocycles. The number of likely N-dealkylation sites (tertiary alicyclic amines) is 1. The van der Waals surface area contributed by atoms with Crippen LogP contribution in [0.4, 0.5) is 4.79 Å². The van der Waals surface area contributed by atoms with Crippen molar-refractivity contribution in [3.63, 3.8) is 0 Å². The maximum Gasteiger partial charge on any atom is 0.315 e. The highest BCUT2D eigenvalue weighted by Crippen LogP contribution is 2.24. The third-order valence-electron chi connectivity index (χ3n) is 3.91. The quantitative estimate of drug-likeness (QED) is 0.860. The second-order valence-electron chi connectivity index (χ2n) is 5.42. The van der Waals surface area contributed by atoms with Gasteiger partial charge in [-0.05, 0) is 49.5 Å². The van der Waals surface area contributed by atoms with Gasteiger partial charge < -0.3 is 15.1 Å². The number of carbonyl (C=O) groups is 1. The Kier molecular flexibility index (Phi) is 5.13. The van der Waals surface area contributed by atoms with E-state index in [-0.39, 0.29) is 12.1 Å². The predicted molar refractivity (Wildman–Crippen MR) is 86.8 cm³/mol. The van der Waals surface area contributed by atoms with Crippen molar-refractivity contribution in [1.82, 2.24) is 15.5 Å². The lowest BCUT2D eigenvalue weighted by Gasteiger charge is -2.26. The van der Waals surface area contributed by atoms with Crippen LogP contribution >= 0.6 is 11.3 Å². The van der Waals surface area contributed by atoms with Gasteiger partial charge in [-0.2, -0.15) is 0 Å². The van der Waals surface area contributed by atoms with E-state index in [9.17, 15) is 4.79 Å². The largest absolute Gasteiger partial charge is 0.468 e. The first-order valence-electron chi connectivity index (χ1n) is 7.64. The van der Waals surface area contributed by atoms with Crippen LogP contribution in [0, 0.1) is 0 Å². The molecule has 2 aromatic rings. The molecule has 0 radical (unpaired) electrons. The van der Waals surface area contributed by atoms with Crippen LogP contribution in [-0.2, 0) is 6.54 Å². The first-order chi connectivity index (χ1) is 10.8. The van der Waals surface area contributed by atoms with E-state index >= 15 is 0 Å². The van der Waals surface area contributed by atoms with Gasteiger partial charge in [-0.1, -0.05) is 6.07 Å². The summed E-state index contributed by atoms with van der Waals surface area (Å²) in [4.78, 5) is 15.5. The predicted octanol–water partition coefficient (Wildman–Crippen LogP) is 2.98. The Bertz CT molecular complexity index is 562. The van der Waals surface area contributed by atoms with E-state index < -0.39 is 0 Å². The number of furan rings is 1. The minimum Gasteiger partial charge on any atom is -0.468 e. The zero-order valence-corrected chi connectivity index (χ0v) is 13.3. The van der Waals surface area contributed by atoms with E-state index in [4.69, 9.17) is 4.42 Å². The van der Waals surface area contributed by atoms with Gasteiger partial charge >= 0.3 is 6.03 Å². The number of carbonyl (C=O) groups excluding carboxylic acids is 1. The van der Waals surface area contributed by atoms with Gasteiger partial charge in [-0.25, -0.2) is 4.79 Å². The van der Waals surface area contributed by atoms with Crippen LogP contribution in [-0.4, -0.2) is 30.6 Å². The molecule has 5 nitrogen and oxygen atoms in total. The summed E-state index contributed by atoms with van der Waals surface area (Å²) < 4.78 is 5.55. The Morgan fingerprint density at radius 3 is 2.82 bits per heavy atom.